The number of carbonyl (C=O) groups excluding carboxylic acids is 3. The molecule has 0 spiro atoms. The number of aliphatic hydroxyl groups is 1. The van der Waals surface area contributed by atoms with Gasteiger partial charge in [0.2, 0.25) is 11.8 Å². The fourth-order valence-electron chi connectivity index (χ4n) is 4.23. The van der Waals surface area contributed by atoms with Crippen molar-refractivity contribution >= 4 is 23.4 Å². The van der Waals surface area contributed by atoms with Crippen molar-refractivity contribution in [1.29, 1.82) is 0 Å². The lowest BCUT2D eigenvalue weighted by atomic mass is 9.97. The number of hydrogen-bond acceptors (Lipinski definition) is 4. The van der Waals surface area contributed by atoms with Gasteiger partial charge in [0.25, 0.3) is 5.91 Å². The minimum absolute atomic E-state index is 0.187. The molecule has 0 aromatic heterocycles. The molecule has 0 aliphatic carbocycles. The number of nitrogens with zero attached hydrogens (tertiary/aromatic N) is 3. The van der Waals surface area contributed by atoms with E-state index in [2.05, 4.69) is 0 Å². The number of hydrazine groups is 1. The number of benzene rings is 2. The maximum absolute atomic E-state index is 13.9. The minimum atomic E-state index is -0.770. The summed E-state index contributed by atoms with van der Waals surface area (Å²) in [5.41, 5.74) is 2.03. The standard InChI is InChI=1S/C26H31N3O4/c1-18(2)25-26(33)29(24(16-27(25)19(3)31)22-13-9-6-10-14-22)28(20(4)32)23(17-30)15-21-11-7-5-8-12-21/h5-14,16,18,23,25,30H,15,17H2,1-4H3/t23-,25+/m0/s1. The van der Waals surface area contributed by atoms with Crippen molar-refractivity contribution in [3.05, 3.63) is 78.0 Å². The van der Waals surface area contributed by atoms with E-state index in [1.54, 1.807) is 6.20 Å². The highest BCUT2D eigenvalue weighted by Gasteiger charge is 2.44. The zero-order valence-corrected chi connectivity index (χ0v) is 19.5. The van der Waals surface area contributed by atoms with Crippen LogP contribution in [0.25, 0.3) is 5.70 Å². The third-order valence-corrected chi connectivity index (χ3v) is 5.72. The second-order valence-electron chi connectivity index (χ2n) is 8.54. The quantitative estimate of drug-likeness (QED) is 0.705. The maximum atomic E-state index is 13.9. The number of carbonyl (C=O) groups is 3. The molecule has 0 radical (unpaired) electrons. The molecule has 0 unspecified atom stereocenters. The van der Waals surface area contributed by atoms with Gasteiger partial charge in [0.15, 0.2) is 0 Å². The molecule has 1 aliphatic rings. The van der Waals surface area contributed by atoms with Crippen molar-refractivity contribution in [2.24, 2.45) is 5.92 Å². The summed E-state index contributed by atoms with van der Waals surface area (Å²) in [6.07, 6.45) is 2.00. The van der Waals surface area contributed by atoms with Crippen molar-refractivity contribution in [2.75, 3.05) is 6.61 Å². The molecule has 7 nitrogen and oxygen atoms in total. The Balaban J connectivity index is 2.16. The number of rotatable bonds is 7. The Labute approximate surface area is 194 Å². The predicted molar refractivity (Wildman–Crippen MR) is 126 cm³/mol. The van der Waals surface area contributed by atoms with Gasteiger partial charge in [0.1, 0.15) is 6.04 Å². The molecule has 0 fully saturated rings. The highest BCUT2D eigenvalue weighted by Crippen LogP contribution is 2.32. The van der Waals surface area contributed by atoms with Gasteiger partial charge < -0.3 is 10.0 Å². The highest BCUT2D eigenvalue weighted by atomic mass is 16.3. The molecule has 174 valence electrons. The van der Waals surface area contributed by atoms with Gasteiger partial charge in [-0.05, 0) is 17.9 Å². The van der Waals surface area contributed by atoms with Gasteiger partial charge >= 0.3 is 0 Å². The summed E-state index contributed by atoms with van der Waals surface area (Å²) in [6.45, 7) is 6.20. The van der Waals surface area contributed by atoms with Crippen molar-refractivity contribution < 1.29 is 19.5 Å². The Morgan fingerprint density at radius 1 is 1.00 bits per heavy atom. The molecule has 0 bridgehead atoms. The van der Waals surface area contributed by atoms with Crippen molar-refractivity contribution in [3.8, 4) is 0 Å². The van der Waals surface area contributed by atoms with Crippen molar-refractivity contribution in [3.63, 3.8) is 0 Å². The molecule has 1 aliphatic heterocycles. The van der Waals surface area contributed by atoms with E-state index in [1.807, 2.05) is 74.5 Å². The average molecular weight is 450 g/mol. The number of amides is 3. The topological polar surface area (TPSA) is 81.2 Å². The van der Waals surface area contributed by atoms with Crippen LogP contribution in [0.3, 0.4) is 0 Å². The van der Waals surface area contributed by atoms with Crippen LogP contribution in [0.2, 0.25) is 0 Å². The molecule has 1 N–H and O–H groups in total. The fourth-order valence-corrected chi connectivity index (χ4v) is 4.23. The van der Waals surface area contributed by atoms with Crippen LogP contribution in [0, 0.1) is 5.92 Å². The Bertz CT molecular complexity index is 1020. The molecular weight excluding hydrogens is 418 g/mol. The molecule has 3 rings (SSSR count). The first-order valence-corrected chi connectivity index (χ1v) is 11.1. The third-order valence-electron chi connectivity index (χ3n) is 5.72. The summed E-state index contributed by atoms with van der Waals surface area (Å²) >= 11 is 0. The van der Waals surface area contributed by atoms with Gasteiger partial charge in [-0.3, -0.25) is 14.4 Å². The van der Waals surface area contributed by atoms with Gasteiger partial charge in [-0.2, -0.15) is 0 Å². The minimum Gasteiger partial charge on any atom is -0.394 e. The second kappa shape index (κ2) is 10.4. The highest BCUT2D eigenvalue weighted by molar-refractivity contribution is 5.98. The van der Waals surface area contributed by atoms with E-state index in [-0.39, 0.29) is 30.2 Å². The Hall–Kier alpha value is -3.45. The van der Waals surface area contributed by atoms with Crippen LogP contribution in [0.15, 0.2) is 66.9 Å². The predicted octanol–water partition coefficient (Wildman–Crippen LogP) is 3.07. The summed E-state index contributed by atoms with van der Waals surface area (Å²) in [5, 5.41) is 13.0. The summed E-state index contributed by atoms with van der Waals surface area (Å²) in [7, 11) is 0. The summed E-state index contributed by atoms with van der Waals surface area (Å²) in [4.78, 5) is 40.8. The van der Waals surface area contributed by atoms with Crippen LogP contribution in [-0.4, -0.2) is 56.4 Å². The largest absolute Gasteiger partial charge is 0.394 e. The molecule has 2 aromatic carbocycles. The SMILES string of the molecule is CC(=O)N1C=C(c2ccccc2)N(N(C(C)=O)[C@H](CO)Cc2ccccc2)C(=O)[C@H]1C(C)C. The van der Waals surface area contributed by atoms with Crippen LogP contribution >= 0.6 is 0 Å². The molecule has 1 heterocycles. The molecule has 2 atom stereocenters. The average Bonchev–Trinajstić information content (AvgIpc) is 2.79. The lowest BCUT2D eigenvalue weighted by Crippen LogP contribution is -2.62. The number of hydrogen-bond donors (Lipinski definition) is 1. The van der Waals surface area contributed by atoms with E-state index in [9.17, 15) is 19.5 Å². The molecule has 0 saturated carbocycles. The first-order valence-electron chi connectivity index (χ1n) is 11.1. The van der Waals surface area contributed by atoms with E-state index in [0.29, 0.717) is 17.7 Å². The van der Waals surface area contributed by atoms with Gasteiger partial charge in [-0.25, -0.2) is 10.0 Å². The zero-order valence-electron chi connectivity index (χ0n) is 19.5. The van der Waals surface area contributed by atoms with E-state index in [4.69, 9.17) is 0 Å². The second-order valence-corrected chi connectivity index (χ2v) is 8.54. The normalized spacial score (nSPS) is 17.1. The van der Waals surface area contributed by atoms with Crippen LogP contribution < -0.4 is 0 Å². The smallest absolute Gasteiger partial charge is 0.269 e. The van der Waals surface area contributed by atoms with Gasteiger partial charge in [0, 0.05) is 25.6 Å². The van der Waals surface area contributed by atoms with E-state index in [1.165, 1.54) is 28.8 Å². The zero-order chi connectivity index (χ0) is 24.1. The Kier molecular flexibility index (Phi) is 7.66. The molecule has 33 heavy (non-hydrogen) atoms. The first kappa shape index (κ1) is 24.2. The van der Waals surface area contributed by atoms with Crippen LogP contribution in [0.1, 0.15) is 38.8 Å². The Morgan fingerprint density at radius 2 is 1.58 bits per heavy atom. The molecule has 3 amide bonds. The lowest BCUT2D eigenvalue weighted by molar-refractivity contribution is -0.167. The van der Waals surface area contributed by atoms with Crippen LogP contribution in [-0.2, 0) is 20.8 Å². The maximum Gasteiger partial charge on any atom is 0.269 e. The van der Waals surface area contributed by atoms with Gasteiger partial charge in [-0.1, -0.05) is 74.5 Å². The first-order chi connectivity index (χ1) is 15.8. The van der Waals surface area contributed by atoms with Gasteiger partial charge in [0.05, 0.1) is 18.3 Å². The molecule has 2 aromatic rings. The van der Waals surface area contributed by atoms with Crippen molar-refractivity contribution in [2.45, 2.75) is 46.2 Å². The van der Waals surface area contributed by atoms with Crippen LogP contribution in [0.5, 0.6) is 0 Å². The summed E-state index contributed by atoms with van der Waals surface area (Å²) in [6, 6.07) is 17.2. The monoisotopic (exact) mass is 449 g/mol. The van der Waals surface area contributed by atoms with Crippen LogP contribution in [0.4, 0.5) is 0 Å². The summed E-state index contributed by atoms with van der Waals surface area (Å²) < 4.78 is 0. The van der Waals surface area contributed by atoms with Gasteiger partial charge in [-0.15, -0.1) is 0 Å². The number of aliphatic hydroxyl groups excluding tert-OH is 1. The molecular formula is C26H31N3O4. The molecule has 0 saturated heterocycles. The van der Waals surface area contributed by atoms with Crippen molar-refractivity contribution in [1.82, 2.24) is 14.9 Å². The summed E-state index contributed by atoms with van der Waals surface area (Å²) in [5.74, 6) is -1.21. The fraction of sp³-hybridized carbons (Fsp3) is 0.346. The Morgan fingerprint density at radius 3 is 2.06 bits per heavy atom. The molecule has 7 heteroatoms. The lowest BCUT2D eigenvalue weighted by Gasteiger charge is -2.47. The van der Waals surface area contributed by atoms with E-state index < -0.39 is 12.1 Å². The third kappa shape index (κ3) is 5.14. The van der Waals surface area contributed by atoms with E-state index >= 15 is 0 Å². The van der Waals surface area contributed by atoms with E-state index in [0.717, 1.165) is 5.56 Å².